The molecule has 1 aliphatic rings. The molecule has 1 saturated heterocycles. The van der Waals surface area contributed by atoms with E-state index in [-0.39, 0.29) is 5.56 Å². The molecular formula is C21H18N4O3S2. The molecule has 4 heterocycles. The van der Waals surface area contributed by atoms with Crippen LogP contribution in [-0.4, -0.2) is 38.8 Å². The van der Waals surface area contributed by atoms with Crippen LogP contribution in [0.25, 0.3) is 26.7 Å². The van der Waals surface area contributed by atoms with E-state index in [1.165, 1.54) is 33.6 Å². The number of nitrogens with zero attached hydrogens (tertiary/aromatic N) is 4. The van der Waals surface area contributed by atoms with Gasteiger partial charge in [0.25, 0.3) is 5.56 Å². The van der Waals surface area contributed by atoms with Gasteiger partial charge in [0, 0.05) is 24.7 Å². The minimum atomic E-state index is -0.927. The number of piperidine rings is 1. The minimum Gasteiger partial charge on any atom is -0.477 e. The highest BCUT2D eigenvalue weighted by molar-refractivity contribution is 7.19. The van der Waals surface area contributed by atoms with Crippen LogP contribution < -0.4 is 10.5 Å². The zero-order valence-electron chi connectivity index (χ0n) is 15.9. The fourth-order valence-corrected chi connectivity index (χ4v) is 5.28. The molecular weight excluding hydrogens is 420 g/mol. The second-order valence-electron chi connectivity index (χ2n) is 7.19. The van der Waals surface area contributed by atoms with Crippen molar-refractivity contribution < 1.29 is 9.90 Å². The van der Waals surface area contributed by atoms with Crippen molar-refractivity contribution in [1.29, 1.82) is 0 Å². The summed E-state index contributed by atoms with van der Waals surface area (Å²) in [7, 11) is 0. The fraction of sp³-hybridized carbons (Fsp3) is 0.238. The van der Waals surface area contributed by atoms with Crippen molar-refractivity contribution in [2.24, 2.45) is 0 Å². The average Bonchev–Trinajstić information content (AvgIpc) is 3.42. The Hall–Kier alpha value is -3.04. The molecule has 1 N–H and O–H groups in total. The molecule has 0 atom stereocenters. The van der Waals surface area contributed by atoms with Crippen molar-refractivity contribution in [2.45, 2.75) is 19.3 Å². The van der Waals surface area contributed by atoms with Crippen LogP contribution in [0.15, 0.2) is 46.6 Å². The predicted molar refractivity (Wildman–Crippen MR) is 119 cm³/mol. The zero-order chi connectivity index (χ0) is 20.7. The maximum atomic E-state index is 12.6. The first-order chi connectivity index (χ1) is 14.6. The lowest BCUT2D eigenvalue weighted by atomic mass is 10.1. The number of hydrogen-bond acceptors (Lipinski definition) is 7. The van der Waals surface area contributed by atoms with Gasteiger partial charge in [-0.05, 0) is 47.9 Å². The molecule has 4 aromatic rings. The van der Waals surface area contributed by atoms with Crippen LogP contribution in [0.1, 0.15) is 28.9 Å². The summed E-state index contributed by atoms with van der Waals surface area (Å²) in [5.74, 6) is -0.202. The summed E-state index contributed by atoms with van der Waals surface area (Å²) >= 11 is 2.58. The van der Waals surface area contributed by atoms with E-state index >= 15 is 0 Å². The largest absolute Gasteiger partial charge is 0.477 e. The van der Waals surface area contributed by atoms with E-state index in [1.54, 1.807) is 12.1 Å². The number of benzene rings is 1. The summed E-state index contributed by atoms with van der Waals surface area (Å²) in [6.45, 7) is 1.85. The first-order valence-electron chi connectivity index (χ1n) is 9.67. The van der Waals surface area contributed by atoms with Crippen molar-refractivity contribution in [3.8, 4) is 21.7 Å². The lowest BCUT2D eigenvalue weighted by molar-refractivity contribution is 0.0702. The van der Waals surface area contributed by atoms with Gasteiger partial charge in [0.15, 0.2) is 0 Å². The zero-order valence-corrected chi connectivity index (χ0v) is 17.6. The van der Waals surface area contributed by atoms with Gasteiger partial charge in [0.05, 0.1) is 0 Å². The van der Waals surface area contributed by atoms with Crippen molar-refractivity contribution in [3.05, 3.63) is 57.0 Å². The SMILES string of the molecule is O=C(O)c1cc(-c2cccc(-c3nn4c(=O)cc(N5CCCCC5)nc4s3)c2)cs1. The van der Waals surface area contributed by atoms with E-state index < -0.39 is 5.97 Å². The third-order valence-corrected chi connectivity index (χ3v) is 7.04. The third-order valence-electron chi connectivity index (χ3n) is 5.16. The number of aromatic carboxylic acids is 1. The van der Waals surface area contributed by atoms with Crippen molar-refractivity contribution in [3.63, 3.8) is 0 Å². The van der Waals surface area contributed by atoms with Crippen molar-refractivity contribution in [2.75, 3.05) is 18.0 Å². The lowest BCUT2D eigenvalue weighted by Crippen LogP contribution is -2.31. The quantitative estimate of drug-likeness (QED) is 0.513. The standard InChI is InChI=1S/C21H18N4O3S2/c26-18-11-17(24-7-2-1-3-8-24)22-21-25(18)23-19(30-21)14-6-4-5-13(9-14)15-10-16(20(27)28)29-12-15/h4-6,9-12H,1-3,7-8H2,(H,27,28). The van der Waals surface area contributed by atoms with Crippen LogP contribution in [0.3, 0.4) is 0 Å². The molecule has 152 valence electrons. The molecule has 0 bridgehead atoms. The average molecular weight is 439 g/mol. The first-order valence-corrected chi connectivity index (χ1v) is 11.4. The molecule has 1 fully saturated rings. The number of carboxylic acids is 1. The summed E-state index contributed by atoms with van der Waals surface area (Å²) in [6, 6.07) is 11.0. The monoisotopic (exact) mass is 438 g/mol. The first kappa shape index (κ1) is 19.0. The van der Waals surface area contributed by atoms with Gasteiger partial charge < -0.3 is 10.0 Å². The number of rotatable bonds is 4. The van der Waals surface area contributed by atoms with E-state index in [0.29, 0.717) is 14.8 Å². The third kappa shape index (κ3) is 3.50. The number of thiophene rings is 1. The Kier molecular flexibility index (Phi) is 4.84. The molecule has 7 nitrogen and oxygen atoms in total. The maximum absolute atomic E-state index is 12.6. The van der Waals surface area contributed by atoms with Crippen LogP contribution in [0, 0.1) is 0 Å². The normalized spacial score (nSPS) is 14.3. The van der Waals surface area contributed by atoms with E-state index in [9.17, 15) is 9.59 Å². The molecule has 0 saturated carbocycles. The summed E-state index contributed by atoms with van der Waals surface area (Å²) in [6.07, 6.45) is 3.46. The van der Waals surface area contributed by atoms with Crippen molar-refractivity contribution >= 4 is 39.4 Å². The Morgan fingerprint density at radius 2 is 1.83 bits per heavy atom. The van der Waals surface area contributed by atoms with Gasteiger partial charge in [0.1, 0.15) is 15.7 Å². The number of hydrogen-bond donors (Lipinski definition) is 1. The summed E-state index contributed by atoms with van der Waals surface area (Å²) in [5.41, 5.74) is 2.45. The van der Waals surface area contributed by atoms with E-state index in [0.717, 1.165) is 48.4 Å². The fourth-order valence-electron chi connectivity index (χ4n) is 3.63. The Balaban J connectivity index is 1.52. The van der Waals surface area contributed by atoms with Gasteiger partial charge in [0.2, 0.25) is 4.96 Å². The molecule has 1 aliphatic heterocycles. The second-order valence-corrected chi connectivity index (χ2v) is 9.05. The van der Waals surface area contributed by atoms with E-state index in [4.69, 9.17) is 10.1 Å². The molecule has 0 unspecified atom stereocenters. The summed E-state index contributed by atoms with van der Waals surface area (Å²) in [5, 5.41) is 16.2. The molecule has 0 aliphatic carbocycles. The molecule has 9 heteroatoms. The van der Waals surface area contributed by atoms with Gasteiger partial charge in [-0.3, -0.25) is 4.79 Å². The second kappa shape index (κ2) is 7.66. The highest BCUT2D eigenvalue weighted by Gasteiger charge is 2.17. The van der Waals surface area contributed by atoms with Crippen LogP contribution in [0.2, 0.25) is 0 Å². The summed E-state index contributed by atoms with van der Waals surface area (Å²) in [4.78, 5) is 31.5. The highest BCUT2D eigenvalue weighted by Crippen LogP contribution is 2.31. The number of carbonyl (C=O) groups is 1. The van der Waals surface area contributed by atoms with Crippen LogP contribution in [0.4, 0.5) is 5.82 Å². The van der Waals surface area contributed by atoms with Gasteiger partial charge in [-0.25, -0.2) is 9.78 Å². The van der Waals surface area contributed by atoms with Crippen LogP contribution >= 0.6 is 22.7 Å². The highest BCUT2D eigenvalue weighted by atomic mass is 32.1. The maximum Gasteiger partial charge on any atom is 0.345 e. The number of carboxylic acid groups (broad SMARTS) is 1. The topological polar surface area (TPSA) is 87.8 Å². The molecule has 0 spiro atoms. The number of anilines is 1. The molecule has 0 amide bonds. The molecule has 1 aromatic carbocycles. The minimum absolute atomic E-state index is 0.178. The van der Waals surface area contributed by atoms with Gasteiger partial charge in [-0.15, -0.1) is 11.3 Å². The molecule has 3 aromatic heterocycles. The Bertz CT molecular complexity index is 1300. The van der Waals surface area contributed by atoms with Crippen LogP contribution in [-0.2, 0) is 0 Å². The van der Waals surface area contributed by atoms with E-state index in [2.05, 4.69) is 10.00 Å². The predicted octanol–water partition coefficient (Wildman–Crippen LogP) is 4.24. The molecule has 5 rings (SSSR count). The smallest absolute Gasteiger partial charge is 0.345 e. The van der Waals surface area contributed by atoms with Crippen LogP contribution in [0.5, 0.6) is 0 Å². The Morgan fingerprint density at radius 1 is 1.03 bits per heavy atom. The number of aromatic nitrogens is 3. The van der Waals surface area contributed by atoms with Gasteiger partial charge in [-0.2, -0.15) is 9.61 Å². The molecule has 0 radical (unpaired) electrons. The number of fused-ring (bicyclic) bond motifs is 1. The Morgan fingerprint density at radius 3 is 2.60 bits per heavy atom. The lowest BCUT2D eigenvalue weighted by Gasteiger charge is -2.27. The van der Waals surface area contributed by atoms with Gasteiger partial charge in [-0.1, -0.05) is 29.5 Å². The van der Waals surface area contributed by atoms with E-state index in [1.807, 2.05) is 29.6 Å². The Labute approximate surface area is 179 Å². The summed E-state index contributed by atoms with van der Waals surface area (Å²) < 4.78 is 1.35. The van der Waals surface area contributed by atoms with Gasteiger partial charge >= 0.3 is 5.97 Å². The van der Waals surface area contributed by atoms with Crippen molar-refractivity contribution in [1.82, 2.24) is 14.6 Å². The molecule has 30 heavy (non-hydrogen) atoms.